The predicted octanol–water partition coefficient (Wildman–Crippen LogP) is 0.920. The van der Waals surface area contributed by atoms with Gasteiger partial charge in [-0.2, -0.15) is 4.98 Å². The number of nitrogens with zero attached hydrogens (tertiary/aromatic N) is 2. The third-order valence-corrected chi connectivity index (χ3v) is 3.17. The number of hydrogen-bond acceptors (Lipinski definition) is 6. The van der Waals surface area contributed by atoms with Crippen LogP contribution in [0.2, 0.25) is 0 Å². The van der Waals surface area contributed by atoms with Crippen molar-refractivity contribution in [1.29, 1.82) is 0 Å². The highest BCUT2D eigenvalue weighted by Gasteiger charge is 2.26. The lowest BCUT2D eigenvalue weighted by Crippen LogP contribution is -2.30. The molecule has 0 amide bonds. The standard InChI is InChI=1S/C12H19N3O3/c1-16-9-6-14-11(12(15-9)17-2)10(13)8-4-3-5-18-7-8/h6,8,10H,3-5,7,13H2,1-2H3. The molecule has 18 heavy (non-hydrogen) atoms. The molecular formula is C12H19N3O3. The molecule has 2 heterocycles. The topological polar surface area (TPSA) is 79.5 Å². The van der Waals surface area contributed by atoms with Gasteiger partial charge in [-0.15, -0.1) is 0 Å². The summed E-state index contributed by atoms with van der Waals surface area (Å²) in [7, 11) is 3.09. The van der Waals surface area contributed by atoms with Crippen LogP contribution in [0.25, 0.3) is 0 Å². The van der Waals surface area contributed by atoms with Crippen molar-refractivity contribution in [2.45, 2.75) is 18.9 Å². The van der Waals surface area contributed by atoms with Crippen molar-refractivity contribution in [3.05, 3.63) is 11.9 Å². The second-order valence-electron chi connectivity index (χ2n) is 4.31. The monoisotopic (exact) mass is 253 g/mol. The minimum atomic E-state index is -0.223. The number of nitrogens with two attached hydrogens (primary N) is 1. The molecule has 0 aliphatic carbocycles. The first-order chi connectivity index (χ1) is 8.76. The third-order valence-electron chi connectivity index (χ3n) is 3.17. The summed E-state index contributed by atoms with van der Waals surface area (Å²) in [4.78, 5) is 8.50. The summed E-state index contributed by atoms with van der Waals surface area (Å²) in [6, 6.07) is -0.223. The van der Waals surface area contributed by atoms with Crippen molar-refractivity contribution in [3.8, 4) is 11.8 Å². The summed E-state index contributed by atoms with van der Waals surface area (Å²) in [5.41, 5.74) is 6.90. The fraction of sp³-hybridized carbons (Fsp3) is 0.667. The van der Waals surface area contributed by atoms with Crippen molar-refractivity contribution >= 4 is 0 Å². The van der Waals surface area contributed by atoms with Gasteiger partial charge in [0, 0.05) is 12.5 Å². The molecular weight excluding hydrogens is 234 g/mol. The zero-order valence-electron chi connectivity index (χ0n) is 10.8. The van der Waals surface area contributed by atoms with E-state index in [4.69, 9.17) is 19.9 Å². The highest BCUT2D eigenvalue weighted by molar-refractivity contribution is 5.26. The van der Waals surface area contributed by atoms with Crippen molar-refractivity contribution < 1.29 is 14.2 Å². The van der Waals surface area contributed by atoms with Crippen LogP contribution in [0, 0.1) is 5.92 Å². The van der Waals surface area contributed by atoms with E-state index in [1.54, 1.807) is 13.3 Å². The molecule has 0 radical (unpaired) electrons. The van der Waals surface area contributed by atoms with Gasteiger partial charge in [-0.25, -0.2) is 4.98 Å². The molecule has 0 spiro atoms. The molecule has 2 atom stereocenters. The van der Waals surface area contributed by atoms with Gasteiger partial charge >= 0.3 is 0 Å². The number of hydrogen-bond donors (Lipinski definition) is 1. The van der Waals surface area contributed by atoms with Gasteiger partial charge < -0.3 is 19.9 Å². The predicted molar refractivity (Wildman–Crippen MR) is 65.6 cm³/mol. The second kappa shape index (κ2) is 5.97. The average molecular weight is 253 g/mol. The summed E-state index contributed by atoms with van der Waals surface area (Å²) < 4.78 is 15.7. The van der Waals surface area contributed by atoms with Crippen molar-refractivity contribution in [1.82, 2.24) is 9.97 Å². The van der Waals surface area contributed by atoms with Gasteiger partial charge in [0.25, 0.3) is 0 Å². The van der Waals surface area contributed by atoms with Crippen LogP contribution in [0.15, 0.2) is 6.20 Å². The molecule has 6 nitrogen and oxygen atoms in total. The number of methoxy groups -OCH3 is 2. The first kappa shape index (κ1) is 13.0. The Labute approximate surface area is 106 Å². The zero-order chi connectivity index (χ0) is 13.0. The molecule has 1 aliphatic rings. The van der Waals surface area contributed by atoms with Gasteiger partial charge in [-0.3, -0.25) is 0 Å². The molecule has 1 fully saturated rings. The van der Waals surface area contributed by atoms with Gasteiger partial charge in [0.1, 0.15) is 5.69 Å². The summed E-state index contributed by atoms with van der Waals surface area (Å²) in [6.07, 6.45) is 3.63. The lowest BCUT2D eigenvalue weighted by molar-refractivity contribution is 0.0438. The first-order valence-corrected chi connectivity index (χ1v) is 6.04. The van der Waals surface area contributed by atoms with Crippen LogP contribution in [0.3, 0.4) is 0 Å². The largest absolute Gasteiger partial charge is 0.480 e. The van der Waals surface area contributed by atoms with Crippen LogP contribution in [-0.2, 0) is 4.74 Å². The molecule has 1 aromatic rings. The molecule has 100 valence electrons. The van der Waals surface area contributed by atoms with Gasteiger partial charge in [-0.1, -0.05) is 0 Å². The SMILES string of the molecule is COc1cnc(C(N)C2CCCOC2)c(OC)n1. The lowest BCUT2D eigenvalue weighted by atomic mass is 9.92. The molecule has 1 aliphatic heterocycles. The van der Waals surface area contributed by atoms with E-state index in [9.17, 15) is 0 Å². The van der Waals surface area contributed by atoms with E-state index >= 15 is 0 Å². The molecule has 0 saturated carbocycles. The Hall–Kier alpha value is -1.40. The van der Waals surface area contributed by atoms with Crippen molar-refractivity contribution in [2.75, 3.05) is 27.4 Å². The fourth-order valence-electron chi connectivity index (χ4n) is 2.12. The van der Waals surface area contributed by atoms with E-state index in [-0.39, 0.29) is 12.0 Å². The Balaban J connectivity index is 2.20. The number of rotatable bonds is 4. The Morgan fingerprint density at radius 2 is 2.28 bits per heavy atom. The number of aromatic nitrogens is 2. The summed E-state index contributed by atoms with van der Waals surface area (Å²) in [5.74, 6) is 1.10. The summed E-state index contributed by atoms with van der Waals surface area (Å²) in [5, 5.41) is 0. The Bertz CT molecular complexity index is 394. The van der Waals surface area contributed by atoms with E-state index in [0.717, 1.165) is 19.4 Å². The van der Waals surface area contributed by atoms with Gasteiger partial charge in [0.05, 0.1) is 33.1 Å². The molecule has 0 bridgehead atoms. The van der Waals surface area contributed by atoms with Crippen LogP contribution in [0.1, 0.15) is 24.6 Å². The van der Waals surface area contributed by atoms with Crippen LogP contribution in [0.4, 0.5) is 0 Å². The molecule has 2 rings (SSSR count). The normalized spacial score (nSPS) is 21.4. The van der Waals surface area contributed by atoms with Crippen molar-refractivity contribution in [3.63, 3.8) is 0 Å². The van der Waals surface area contributed by atoms with Crippen LogP contribution in [-0.4, -0.2) is 37.4 Å². The van der Waals surface area contributed by atoms with E-state index in [0.29, 0.717) is 24.1 Å². The highest BCUT2D eigenvalue weighted by Crippen LogP contribution is 2.30. The molecule has 1 saturated heterocycles. The summed E-state index contributed by atoms with van der Waals surface area (Å²) in [6.45, 7) is 1.48. The van der Waals surface area contributed by atoms with E-state index in [1.165, 1.54) is 7.11 Å². The third kappa shape index (κ3) is 2.70. The van der Waals surface area contributed by atoms with Gasteiger partial charge in [-0.05, 0) is 12.8 Å². The second-order valence-corrected chi connectivity index (χ2v) is 4.31. The minimum absolute atomic E-state index is 0.223. The number of ether oxygens (including phenoxy) is 3. The van der Waals surface area contributed by atoms with Crippen LogP contribution >= 0.6 is 0 Å². The Morgan fingerprint density at radius 3 is 2.89 bits per heavy atom. The van der Waals surface area contributed by atoms with Crippen LogP contribution < -0.4 is 15.2 Å². The summed E-state index contributed by atoms with van der Waals surface area (Å²) >= 11 is 0. The highest BCUT2D eigenvalue weighted by atomic mass is 16.5. The van der Waals surface area contributed by atoms with E-state index in [2.05, 4.69) is 9.97 Å². The minimum Gasteiger partial charge on any atom is -0.480 e. The first-order valence-electron chi connectivity index (χ1n) is 6.04. The van der Waals surface area contributed by atoms with E-state index in [1.807, 2.05) is 0 Å². The quantitative estimate of drug-likeness (QED) is 0.859. The van der Waals surface area contributed by atoms with Crippen LogP contribution in [0.5, 0.6) is 11.8 Å². The zero-order valence-corrected chi connectivity index (χ0v) is 10.8. The van der Waals surface area contributed by atoms with Crippen molar-refractivity contribution in [2.24, 2.45) is 11.7 Å². The van der Waals surface area contributed by atoms with Gasteiger partial charge in [0.2, 0.25) is 11.8 Å². The molecule has 0 aromatic carbocycles. The average Bonchev–Trinajstić information content (AvgIpc) is 2.46. The fourth-order valence-corrected chi connectivity index (χ4v) is 2.12. The molecule has 6 heteroatoms. The maximum atomic E-state index is 6.23. The maximum absolute atomic E-state index is 6.23. The smallest absolute Gasteiger partial charge is 0.240 e. The van der Waals surface area contributed by atoms with E-state index < -0.39 is 0 Å². The maximum Gasteiger partial charge on any atom is 0.240 e. The molecule has 2 unspecified atom stereocenters. The lowest BCUT2D eigenvalue weighted by Gasteiger charge is -2.27. The van der Waals surface area contributed by atoms with Gasteiger partial charge in [0.15, 0.2) is 0 Å². The Kier molecular flexibility index (Phi) is 4.33. The molecule has 1 aromatic heterocycles. The Morgan fingerprint density at radius 1 is 1.44 bits per heavy atom. The molecule has 2 N–H and O–H groups in total.